The Morgan fingerprint density at radius 1 is 1.38 bits per heavy atom. The average molecular weight is 366 g/mol. The Bertz CT molecular complexity index is 589. The van der Waals surface area contributed by atoms with Gasteiger partial charge in [0.2, 0.25) is 17.7 Å². The summed E-state index contributed by atoms with van der Waals surface area (Å²) in [5.74, 6) is -0.746. The van der Waals surface area contributed by atoms with Crippen molar-refractivity contribution in [2.24, 2.45) is 16.5 Å². The van der Waals surface area contributed by atoms with Crippen LogP contribution in [0.5, 0.6) is 0 Å². The summed E-state index contributed by atoms with van der Waals surface area (Å²) in [6, 6.07) is -1.82. The molecule has 10 nitrogen and oxygen atoms in total. The van der Waals surface area contributed by atoms with E-state index in [1.54, 1.807) is 0 Å². The fourth-order valence-corrected chi connectivity index (χ4v) is 3.28. The van der Waals surface area contributed by atoms with Gasteiger partial charge in [-0.1, -0.05) is 0 Å². The summed E-state index contributed by atoms with van der Waals surface area (Å²) in [4.78, 5) is 53.0. The van der Waals surface area contributed by atoms with Gasteiger partial charge >= 0.3 is 0 Å². The number of amides is 3. The Kier molecular flexibility index (Phi) is 6.93. The highest BCUT2D eigenvalue weighted by Gasteiger charge is 2.39. The molecule has 3 amide bonds. The maximum Gasteiger partial charge on any atom is 0.245 e. The Labute approximate surface area is 151 Å². The maximum absolute atomic E-state index is 12.6. The van der Waals surface area contributed by atoms with Crippen molar-refractivity contribution in [2.75, 3.05) is 13.1 Å². The number of likely N-dealkylation sites (tertiary alicyclic amines) is 1. The molecule has 6 N–H and O–H groups in total. The van der Waals surface area contributed by atoms with E-state index in [0.717, 1.165) is 0 Å². The largest absolute Gasteiger partial charge is 0.370 e. The molecule has 0 aromatic carbocycles. The van der Waals surface area contributed by atoms with Crippen molar-refractivity contribution < 1.29 is 19.2 Å². The van der Waals surface area contributed by atoms with Gasteiger partial charge < -0.3 is 31.8 Å². The number of nitrogens with zero attached hydrogens (tertiary/aromatic N) is 2. The minimum Gasteiger partial charge on any atom is -0.370 e. The van der Waals surface area contributed by atoms with E-state index in [1.165, 1.54) is 4.90 Å². The van der Waals surface area contributed by atoms with Gasteiger partial charge in [-0.2, -0.15) is 0 Å². The van der Waals surface area contributed by atoms with Crippen molar-refractivity contribution >= 4 is 30.0 Å². The van der Waals surface area contributed by atoms with Crippen molar-refractivity contribution in [1.82, 2.24) is 15.5 Å². The van der Waals surface area contributed by atoms with Crippen LogP contribution in [0.2, 0.25) is 0 Å². The fourth-order valence-electron chi connectivity index (χ4n) is 3.28. The molecule has 10 heteroatoms. The highest BCUT2D eigenvalue weighted by molar-refractivity contribution is 5.94. The molecule has 2 aliphatic heterocycles. The summed E-state index contributed by atoms with van der Waals surface area (Å²) in [6.07, 6.45) is 3.65. The zero-order valence-electron chi connectivity index (χ0n) is 14.6. The minimum absolute atomic E-state index is 0.0178. The number of carbonyl (C=O) groups is 4. The van der Waals surface area contributed by atoms with Crippen LogP contribution >= 0.6 is 0 Å². The molecule has 0 spiro atoms. The van der Waals surface area contributed by atoms with Gasteiger partial charge in [-0.3, -0.25) is 19.4 Å². The highest BCUT2D eigenvalue weighted by atomic mass is 16.2. The highest BCUT2D eigenvalue weighted by Crippen LogP contribution is 2.21. The zero-order chi connectivity index (χ0) is 19.1. The van der Waals surface area contributed by atoms with Crippen LogP contribution in [0.25, 0.3) is 0 Å². The lowest BCUT2D eigenvalue weighted by atomic mass is 10.1. The third kappa shape index (κ3) is 5.17. The van der Waals surface area contributed by atoms with E-state index in [0.29, 0.717) is 57.9 Å². The molecule has 0 unspecified atom stereocenters. The summed E-state index contributed by atoms with van der Waals surface area (Å²) >= 11 is 0. The van der Waals surface area contributed by atoms with Gasteiger partial charge in [-0.25, -0.2) is 0 Å². The monoisotopic (exact) mass is 366 g/mol. The average Bonchev–Trinajstić information content (AvgIpc) is 3.25. The normalized spacial score (nSPS) is 23.2. The van der Waals surface area contributed by atoms with Gasteiger partial charge in [-0.05, 0) is 32.1 Å². The first-order valence-corrected chi connectivity index (χ1v) is 8.83. The molecule has 144 valence electrons. The van der Waals surface area contributed by atoms with Crippen molar-refractivity contribution in [3.63, 3.8) is 0 Å². The summed E-state index contributed by atoms with van der Waals surface area (Å²) < 4.78 is 0. The van der Waals surface area contributed by atoms with Crippen LogP contribution in [0.1, 0.15) is 38.5 Å². The van der Waals surface area contributed by atoms with E-state index in [9.17, 15) is 19.2 Å². The van der Waals surface area contributed by atoms with E-state index in [-0.39, 0.29) is 23.7 Å². The molecule has 0 bridgehead atoms. The fraction of sp³-hybridized carbons (Fsp3) is 0.688. The molecule has 26 heavy (non-hydrogen) atoms. The van der Waals surface area contributed by atoms with E-state index in [4.69, 9.17) is 11.5 Å². The van der Waals surface area contributed by atoms with Crippen molar-refractivity contribution in [1.29, 1.82) is 0 Å². The van der Waals surface area contributed by atoms with Crippen molar-refractivity contribution in [2.45, 2.75) is 56.7 Å². The van der Waals surface area contributed by atoms with Crippen LogP contribution in [0.4, 0.5) is 0 Å². The zero-order valence-corrected chi connectivity index (χ0v) is 14.6. The van der Waals surface area contributed by atoms with Crippen LogP contribution < -0.4 is 22.1 Å². The lowest BCUT2D eigenvalue weighted by molar-refractivity contribution is -0.140. The van der Waals surface area contributed by atoms with E-state index < -0.39 is 18.1 Å². The van der Waals surface area contributed by atoms with Gasteiger partial charge in [0.25, 0.3) is 0 Å². The van der Waals surface area contributed by atoms with Gasteiger partial charge in [0.05, 0.1) is 6.04 Å². The Balaban J connectivity index is 1.87. The molecule has 0 radical (unpaired) electrons. The number of aliphatic imine (C=N–C) groups is 1. The molecule has 0 aliphatic carbocycles. The third-order valence-corrected chi connectivity index (χ3v) is 4.59. The van der Waals surface area contributed by atoms with Gasteiger partial charge in [0, 0.05) is 19.5 Å². The second kappa shape index (κ2) is 9.16. The topological polar surface area (TPSA) is 160 Å². The molecule has 2 saturated heterocycles. The molecular formula is C16H26N6O4. The van der Waals surface area contributed by atoms with Crippen LogP contribution in [0.15, 0.2) is 4.99 Å². The molecule has 2 fully saturated rings. The van der Waals surface area contributed by atoms with Crippen LogP contribution in [0.3, 0.4) is 0 Å². The molecule has 0 aromatic rings. The summed E-state index contributed by atoms with van der Waals surface area (Å²) in [7, 11) is 0. The van der Waals surface area contributed by atoms with Crippen LogP contribution in [-0.2, 0) is 19.2 Å². The molecule has 0 saturated carbocycles. The minimum atomic E-state index is -0.652. The molecule has 2 heterocycles. The summed E-state index contributed by atoms with van der Waals surface area (Å²) in [5.41, 5.74) is 10.5. The van der Waals surface area contributed by atoms with Crippen LogP contribution in [-0.4, -0.2) is 66.1 Å². The summed E-state index contributed by atoms with van der Waals surface area (Å²) in [6.45, 7) is 0.845. The second-order valence-corrected chi connectivity index (χ2v) is 6.55. The number of aldehydes is 1. The Hall–Kier alpha value is -2.65. The van der Waals surface area contributed by atoms with Crippen LogP contribution in [0, 0.1) is 0 Å². The predicted molar refractivity (Wildman–Crippen MR) is 93.8 cm³/mol. The smallest absolute Gasteiger partial charge is 0.245 e. The second-order valence-electron chi connectivity index (χ2n) is 6.55. The first-order valence-electron chi connectivity index (χ1n) is 8.83. The Morgan fingerprint density at radius 2 is 2.15 bits per heavy atom. The number of hydrogen-bond donors (Lipinski definition) is 4. The molecule has 2 aliphatic rings. The quantitative estimate of drug-likeness (QED) is 0.168. The Morgan fingerprint density at radius 3 is 2.77 bits per heavy atom. The molecular weight excluding hydrogens is 340 g/mol. The van der Waals surface area contributed by atoms with Crippen molar-refractivity contribution in [3.8, 4) is 0 Å². The lowest BCUT2D eigenvalue weighted by Gasteiger charge is -2.27. The predicted octanol–water partition coefficient (Wildman–Crippen LogP) is -2.01. The molecule has 0 aromatic heterocycles. The standard InChI is InChI=1S/C16H26N6O4/c17-16(18)19-7-1-3-10(9-23)20-14(25)12-4-2-8-22(12)15(26)11-5-6-13(24)21-11/h9-12H,1-8H2,(H,20,25)(H,21,24)(H4,17,18,19)/t10-,11-,12-/m0/s1. The van der Waals surface area contributed by atoms with E-state index >= 15 is 0 Å². The number of carbonyl (C=O) groups excluding carboxylic acids is 4. The molecule has 3 atom stereocenters. The van der Waals surface area contributed by atoms with E-state index in [2.05, 4.69) is 15.6 Å². The first kappa shape index (κ1) is 19.7. The summed E-state index contributed by atoms with van der Waals surface area (Å²) in [5, 5.41) is 5.32. The number of hydrogen-bond acceptors (Lipinski definition) is 5. The van der Waals surface area contributed by atoms with Gasteiger partial charge in [0.1, 0.15) is 18.4 Å². The number of rotatable bonds is 8. The van der Waals surface area contributed by atoms with Gasteiger partial charge in [0.15, 0.2) is 5.96 Å². The van der Waals surface area contributed by atoms with Gasteiger partial charge in [-0.15, -0.1) is 0 Å². The molecule has 2 rings (SSSR count). The van der Waals surface area contributed by atoms with E-state index in [1.807, 2.05) is 0 Å². The first-order chi connectivity index (χ1) is 12.4. The number of nitrogens with two attached hydrogens (primary N) is 2. The maximum atomic E-state index is 12.6. The van der Waals surface area contributed by atoms with Crippen molar-refractivity contribution in [3.05, 3.63) is 0 Å². The lowest BCUT2D eigenvalue weighted by Crippen LogP contribution is -2.53. The third-order valence-electron chi connectivity index (χ3n) is 4.59. The number of nitrogens with one attached hydrogen (secondary N) is 2. The SMILES string of the molecule is NC(N)=NCCC[C@@H](C=O)NC(=O)[C@@H]1CCCN1C(=O)[C@@H]1CCC(=O)N1. The number of guanidine groups is 1.